The zero-order valence-electron chi connectivity index (χ0n) is 11.5. The first-order chi connectivity index (χ1) is 9.20. The smallest absolute Gasteiger partial charge is 0.223 e. The van der Waals surface area contributed by atoms with E-state index in [9.17, 15) is 9.90 Å². The van der Waals surface area contributed by atoms with Gasteiger partial charge in [-0.1, -0.05) is 6.92 Å². The Morgan fingerprint density at radius 1 is 1.47 bits per heavy atom. The monoisotopic (exact) mass is 265 g/mol. The van der Waals surface area contributed by atoms with Crippen molar-refractivity contribution in [1.29, 1.82) is 0 Å². The van der Waals surface area contributed by atoms with Crippen molar-refractivity contribution < 1.29 is 9.90 Å². The molecule has 5 nitrogen and oxygen atoms in total. The highest BCUT2D eigenvalue weighted by molar-refractivity contribution is 5.78. The summed E-state index contributed by atoms with van der Waals surface area (Å²) in [7, 11) is 0. The van der Waals surface area contributed by atoms with Gasteiger partial charge in [0.25, 0.3) is 0 Å². The van der Waals surface area contributed by atoms with Gasteiger partial charge in [-0.05, 0) is 25.7 Å². The van der Waals surface area contributed by atoms with Gasteiger partial charge < -0.3 is 15.0 Å². The van der Waals surface area contributed by atoms with Gasteiger partial charge in [-0.2, -0.15) is 0 Å². The van der Waals surface area contributed by atoms with Gasteiger partial charge in [0.05, 0.1) is 6.10 Å². The Hall–Kier alpha value is -1.36. The third-order valence-electron chi connectivity index (χ3n) is 3.84. The quantitative estimate of drug-likeness (QED) is 0.838. The highest BCUT2D eigenvalue weighted by Crippen LogP contribution is 2.24. The second-order valence-electron chi connectivity index (χ2n) is 5.19. The van der Waals surface area contributed by atoms with E-state index in [-0.39, 0.29) is 17.9 Å². The highest BCUT2D eigenvalue weighted by atomic mass is 16.3. The molecule has 0 bridgehead atoms. The Kier molecular flexibility index (Phi) is 4.96. The van der Waals surface area contributed by atoms with Crippen LogP contribution >= 0.6 is 0 Å². The Labute approximate surface area is 114 Å². The maximum atomic E-state index is 12.0. The fourth-order valence-corrected chi connectivity index (χ4v) is 2.64. The van der Waals surface area contributed by atoms with Crippen LogP contribution in [0.5, 0.6) is 0 Å². The first-order valence-corrected chi connectivity index (χ1v) is 7.16. The van der Waals surface area contributed by atoms with Crippen LogP contribution in [-0.4, -0.2) is 33.2 Å². The van der Waals surface area contributed by atoms with Crippen molar-refractivity contribution >= 4 is 5.91 Å². The number of aromatic nitrogens is 2. The largest absolute Gasteiger partial charge is 0.393 e. The fourth-order valence-electron chi connectivity index (χ4n) is 2.64. The number of nitrogens with one attached hydrogen (secondary N) is 1. The Balaban J connectivity index is 1.72. The van der Waals surface area contributed by atoms with Crippen LogP contribution in [0.3, 0.4) is 0 Å². The molecule has 0 aromatic carbocycles. The predicted octanol–water partition coefficient (Wildman–Crippen LogP) is 1.11. The molecular formula is C14H23N3O2. The van der Waals surface area contributed by atoms with Gasteiger partial charge in [-0.25, -0.2) is 4.98 Å². The minimum atomic E-state index is -0.206. The minimum absolute atomic E-state index is 0.0804. The number of aryl methyl sites for hydroxylation is 1. The van der Waals surface area contributed by atoms with E-state index in [0.717, 1.165) is 44.5 Å². The molecule has 1 amide bonds. The van der Waals surface area contributed by atoms with Crippen molar-refractivity contribution in [1.82, 2.24) is 14.9 Å². The number of imidazole rings is 1. The van der Waals surface area contributed by atoms with Crippen molar-refractivity contribution in [2.45, 2.75) is 51.7 Å². The average molecular weight is 265 g/mol. The van der Waals surface area contributed by atoms with Crippen molar-refractivity contribution in [3.05, 3.63) is 18.2 Å². The standard InChI is InChI=1S/C14H23N3O2/c1-2-13-15-7-9-17(13)10-8-16-14(19)11-3-5-12(18)6-4-11/h7,9,11-12,18H,2-6,8,10H2,1H3,(H,16,19). The molecule has 5 heteroatoms. The number of carbonyl (C=O) groups excluding carboxylic acids is 1. The third kappa shape index (κ3) is 3.80. The third-order valence-corrected chi connectivity index (χ3v) is 3.84. The summed E-state index contributed by atoms with van der Waals surface area (Å²) in [5, 5.41) is 12.4. The van der Waals surface area contributed by atoms with Crippen LogP contribution in [0.15, 0.2) is 12.4 Å². The summed E-state index contributed by atoms with van der Waals surface area (Å²) in [5.41, 5.74) is 0. The molecule has 1 saturated carbocycles. The molecule has 1 aliphatic carbocycles. The molecular weight excluding hydrogens is 242 g/mol. The van der Waals surface area contributed by atoms with E-state index < -0.39 is 0 Å². The second kappa shape index (κ2) is 6.70. The van der Waals surface area contributed by atoms with Gasteiger partial charge in [0, 0.05) is 37.8 Å². The first-order valence-electron chi connectivity index (χ1n) is 7.16. The number of amides is 1. The van der Waals surface area contributed by atoms with Crippen molar-refractivity contribution in [2.24, 2.45) is 5.92 Å². The number of nitrogens with zero attached hydrogens (tertiary/aromatic N) is 2. The molecule has 1 aliphatic rings. The van der Waals surface area contributed by atoms with Gasteiger partial charge in [-0.3, -0.25) is 4.79 Å². The highest BCUT2D eigenvalue weighted by Gasteiger charge is 2.24. The molecule has 0 unspecified atom stereocenters. The van der Waals surface area contributed by atoms with Crippen LogP contribution in [0.1, 0.15) is 38.4 Å². The van der Waals surface area contributed by atoms with Gasteiger partial charge in [0.2, 0.25) is 5.91 Å². The first kappa shape index (κ1) is 14.1. The zero-order valence-corrected chi connectivity index (χ0v) is 11.5. The Morgan fingerprint density at radius 2 is 2.21 bits per heavy atom. The Bertz CT molecular complexity index is 409. The summed E-state index contributed by atoms with van der Waals surface area (Å²) in [5.74, 6) is 1.26. The molecule has 2 rings (SSSR count). The summed E-state index contributed by atoms with van der Waals surface area (Å²) in [6.45, 7) is 3.48. The zero-order chi connectivity index (χ0) is 13.7. The SMILES string of the molecule is CCc1nccn1CCNC(=O)C1CCC(O)CC1. The maximum absolute atomic E-state index is 12.0. The maximum Gasteiger partial charge on any atom is 0.223 e. The molecule has 1 aromatic heterocycles. The van der Waals surface area contributed by atoms with Gasteiger partial charge in [0.15, 0.2) is 0 Å². The number of carbonyl (C=O) groups is 1. The van der Waals surface area contributed by atoms with Crippen molar-refractivity contribution in [3.63, 3.8) is 0 Å². The van der Waals surface area contributed by atoms with E-state index in [1.807, 2.05) is 6.20 Å². The van der Waals surface area contributed by atoms with Crippen LogP contribution in [0.2, 0.25) is 0 Å². The summed E-state index contributed by atoms with van der Waals surface area (Å²) in [6, 6.07) is 0. The molecule has 0 saturated heterocycles. The number of hydrogen-bond donors (Lipinski definition) is 2. The van der Waals surface area contributed by atoms with Crippen LogP contribution in [0.4, 0.5) is 0 Å². The molecule has 0 atom stereocenters. The van der Waals surface area contributed by atoms with Crippen LogP contribution in [-0.2, 0) is 17.8 Å². The lowest BCUT2D eigenvalue weighted by atomic mass is 9.87. The summed E-state index contributed by atoms with van der Waals surface area (Å²) < 4.78 is 2.07. The average Bonchev–Trinajstić information content (AvgIpc) is 2.87. The van der Waals surface area contributed by atoms with Crippen molar-refractivity contribution in [3.8, 4) is 0 Å². The Morgan fingerprint density at radius 3 is 2.89 bits per heavy atom. The van der Waals surface area contributed by atoms with Crippen LogP contribution < -0.4 is 5.32 Å². The second-order valence-corrected chi connectivity index (χ2v) is 5.19. The fraction of sp³-hybridized carbons (Fsp3) is 0.714. The lowest BCUT2D eigenvalue weighted by Crippen LogP contribution is -2.35. The molecule has 0 spiro atoms. The van der Waals surface area contributed by atoms with Gasteiger partial charge in [0.1, 0.15) is 5.82 Å². The number of aliphatic hydroxyl groups excluding tert-OH is 1. The van der Waals surface area contributed by atoms with Crippen LogP contribution in [0.25, 0.3) is 0 Å². The lowest BCUT2D eigenvalue weighted by Gasteiger charge is -2.24. The van der Waals surface area contributed by atoms with E-state index >= 15 is 0 Å². The number of rotatable bonds is 5. The van der Waals surface area contributed by atoms with Gasteiger partial charge in [-0.15, -0.1) is 0 Å². The molecule has 2 N–H and O–H groups in total. The molecule has 1 aromatic rings. The summed E-state index contributed by atoms with van der Waals surface area (Å²) in [4.78, 5) is 16.2. The van der Waals surface area contributed by atoms with E-state index in [1.165, 1.54) is 0 Å². The number of aliphatic hydroxyl groups is 1. The summed E-state index contributed by atoms with van der Waals surface area (Å²) in [6.07, 6.45) is 7.55. The summed E-state index contributed by atoms with van der Waals surface area (Å²) >= 11 is 0. The normalized spacial score (nSPS) is 23.3. The van der Waals surface area contributed by atoms with E-state index in [4.69, 9.17) is 0 Å². The lowest BCUT2D eigenvalue weighted by molar-refractivity contribution is -0.126. The molecule has 106 valence electrons. The molecule has 1 heterocycles. The number of hydrogen-bond acceptors (Lipinski definition) is 3. The minimum Gasteiger partial charge on any atom is -0.393 e. The van der Waals surface area contributed by atoms with Gasteiger partial charge >= 0.3 is 0 Å². The van der Waals surface area contributed by atoms with E-state index in [0.29, 0.717) is 6.54 Å². The van der Waals surface area contributed by atoms with Crippen molar-refractivity contribution in [2.75, 3.05) is 6.54 Å². The molecule has 19 heavy (non-hydrogen) atoms. The molecule has 0 aliphatic heterocycles. The predicted molar refractivity (Wildman–Crippen MR) is 72.6 cm³/mol. The van der Waals surface area contributed by atoms with E-state index in [2.05, 4.69) is 21.8 Å². The van der Waals surface area contributed by atoms with E-state index in [1.54, 1.807) is 6.20 Å². The topological polar surface area (TPSA) is 67.2 Å². The molecule has 0 radical (unpaired) electrons. The molecule has 1 fully saturated rings. The van der Waals surface area contributed by atoms with Crippen LogP contribution in [0, 0.1) is 5.92 Å².